The largest absolute Gasteiger partial charge is 0.355 e. The van der Waals surface area contributed by atoms with Crippen molar-refractivity contribution in [1.29, 1.82) is 0 Å². The third-order valence-electron chi connectivity index (χ3n) is 4.98. The summed E-state index contributed by atoms with van der Waals surface area (Å²) in [5, 5.41) is 3.26. The van der Waals surface area contributed by atoms with Crippen LogP contribution in [-0.4, -0.2) is 19.9 Å². The Morgan fingerprint density at radius 2 is 1.71 bits per heavy atom. The second kappa shape index (κ2) is 5.97. The van der Waals surface area contributed by atoms with Gasteiger partial charge in [0.15, 0.2) is 0 Å². The van der Waals surface area contributed by atoms with Gasteiger partial charge in [0.1, 0.15) is 11.3 Å². The van der Waals surface area contributed by atoms with Crippen LogP contribution < -0.4 is 0 Å². The third kappa shape index (κ3) is 2.48. The van der Waals surface area contributed by atoms with Gasteiger partial charge in [-0.05, 0) is 35.9 Å². The molecular weight excluding hydrogens is 364 g/mol. The first-order valence-electron chi connectivity index (χ1n) is 9.02. The van der Waals surface area contributed by atoms with Gasteiger partial charge in [0.05, 0.1) is 15.7 Å². The van der Waals surface area contributed by atoms with Crippen LogP contribution in [0.3, 0.4) is 0 Å². The van der Waals surface area contributed by atoms with E-state index in [0.29, 0.717) is 0 Å². The van der Waals surface area contributed by atoms with Crippen molar-refractivity contribution in [3.05, 3.63) is 79.3 Å². The summed E-state index contributed by atoms with van der Waals surface area (Å²) in [5.41, 5.74) is 6.49. The fraction of sp³-hybridized carbons (Fsp3) is 0. The van der Waals surface area contributed by atoms with E-state index in [0.717, 1.165) is 38.2 Å². The Morgan fingerprint density at radius 1 is 0.786 bits per heavy atom. The highest BCUT2D eigenvalue weighted by Gasteiger charge is 2.10. The Balaban J connectivity index is 1.45. The highest BCUT2D eigenvalue weighted by atomic mass is 32.1. The zero-order valence-electron chi connectivity index (χ0n) is 14.8. The van der Waals surface area contributed by atoms with E-state index < -0.39 is 0 Å². The molecule has 28 heavy (non-hydrogen) atoms. The summed E-state index contributed by atoms with van der Waals surface area (Å²) in [6.45, 7) is 0. The number of hydrogen-bond donors (Lipinski definition) is 1. The van der Waals surface area contributed by atoms with Gasteiger partial charge >= 0.3 is 0 Å². The first kappa shape index (κ1) is 15.5. The average Bonchev–Trinajstić information content (AvgIpc) is 3.37. The number of fused-ring (bicyclic) bond motifs is 3. The van der Waals surface area contributed by atoms with Crippen molar-refractivity contribution < 1.29 is 0 Å². The SMILES string of the molecule is c1ccc2[nH]c(-c3ccc4nc(-c5ccc6cncnc6c5)sc4c3)cc2c1. The molecule has 0 aliphatic heterocycles. The van der Waals surface area contributed by atoms with E-state index in [1.165, 1.54) is 15.6 Å². The molecule has 6 rings (SSSR count). The van der Waals surface area contributed by atoms with Crippen molar-refractivity contribution in [2.24, 2.45) is 0 Å². The Bertz CT molecular complexity index is 1450. The van der Waals surface area contributed by atoms with Gasteiger partial charge in [-0.3, -0.25) is 0 Å². The molecule has 3 aromatic heterocycles. The van der Waals surface area contributed by atoms with Crippen LogP contribution in [0.15, 0.2) is 79.3 Å². The number of benzene rings is 3. The quantitative estimate of drug-likeness (QED) is 0.399. The zero-order chi connectivity index (χ0) is 18.5. The number of nitrogens with one attached hydrogen (secondary N) is 1. The van der Waals surface area contributed by atoms with Crippen molar-refractivity contribution in [2.45, 2.75) is 0 Å². The lowest BCUT2D eigenvalue weighted by atomic mass is 10.1. The molecule has 132 valence electrons. The minimum absolute atomic E-state index is 0.936. The molecule has 0 fully saturated rings. The Morgan fingerprint density at radius 3 is 2.68 bits per heavy atom. The maximum atomic E-state index is 4.83. The second-order valence-electron chi connectivity index (χ2n) is 6.77. The first-order chi connectivity index (χ1) is 13.8. The second-order valence-corrected chi connectivity index (χ2v) is 7.80. The van der Waals surface area contributed by atoms with Gasteiger partial charge in [-0.2, -0.15) is 0 Å². The summed E-state index contributed by atoms with van der Waals surface area (Å²) < 4.78 is 1.17. The monoisotopic (exact) mass is 378 g/mol. The Labute approximate surface area is 164 Å². The molecule has 0 aliphatic carbocycles. The molecule has 0 spiro atoms. The summed E-state index contributed by atoms with van der Waals surface area (Å²) in [6, 6.07) is 23.2. The number of thiazole rings is 1. The van der Waals surface area contributed by atoms with Crippen molar-refractivity contribution in [2.75, 3.05) is 0 Å². The van der Waals surface area contributed by atoms with Gasteiger partial charge in [0.2, 0.25) is 0 Å². The number of nitrogens with zero attached hydrogens (tertiary/aromatic N) is 3. The standard InChI is InChI=1S/C23H14N4S/c1-2-4-18-14(3-1)9-21(26-18)15-7-8-19-22(11-15)28-23(27-19)16-5-6-17-12-24-13-25-20(17)10-16/h1-13,26H. The molecule has 0 radical (unpaired) electrons. The predicted octanol–water partition coefficient (Wildman–Crippen LogP) is 6.05. The molecule has 5 heteroatoms. The van der Waals surface area contributed by atoms with Crippen molar-refractivity contribution in [3.63, 3.8) is 0 Å². The number of para-hydroxylation sites is 1. The highest BCUT2D eigenvalue weighted by Crippen LogP contribution is 2.34. The predicted molar refractivity (Wildman–Crippen MR) is 115 cm³/mol. The highest BCUT2D eigenvalue weighted by molar-refractivity contribution is 7.21. The number of aromatic nitrogens is 4. The molecule has 0 aliphatic rings. The molecule has 0 unspecified atom stereocenters. The van der Waals surface area contributed by atoms with Crippen molar-refractivity contribution in [3.8, 4) is 21.8 Å². The van der Waals surface area contributed by atoms with E-state index in [1.807, 2.05) is 12.3 Å². The van der Waals surface area contributed by atoms with E-state index in [-0.39, 0.29) is 0 Å². The molecule has 0 amide bonds. The molecule has 3 aromatic carbocycles. The van der Waals surface area contributed by atoms with E-state index in [4.69, 9.17) is 4.98 Å². The van der Waals surface area contributed by atoms with Gasteiger partial charge in [-0.25, -0.2) is 15.0 Å². The zero-order valence-corrected chi connectivity index (χ0v) is 15.6. The van der Waals surface area contributed by atoms with Crippen LogP contribution in [0.5, 0.6) is 0 Å². The molecule has 3 heterocycles. The molecule has 1 N–H and O–H groups in total. The van der Waals surface area contributed by atoms with Crippen LogP contribution in [-0.2, 0) is 0 Å². The van der Waals surface area contributed by atoms with E-state index in [1.54, 1.807) is 17.7 Å². The fourth-order valence-corrected chi connectivity index (χ4v) is 4.55. The minimum Gasteiger partial charge on any atom is -0.355 e. The Hall–Kier alpha value is -3.57. The van der Waals surface area contributed by atoms with Gasteiger partial charge in [-0.15, -0.1) is 11.3 Å². The van der Waals surface area contributed by atoms with Crippen molar-refractivity contribution in [1.82, 2.24) is 19.9 Å². The third-order valence-corrected chi connectivity index (χ3v) is 6.05. The van der Waals surface area contributed by atoms with Crippen LogP contribution in [0, 0.1) is 0 Å². The number of hydrogen-bond acceptors (Lipinski definition) is 4. The van der Waals surface area contributed by atoms with Crippen LogP contribution in [0.25, 0.3) is 53.9 Å². The molecule has 4 nitrogen and oxygen atoms in total. The van der Waals surface area contributed by atoms with Crippen molar-refractivity contribution >= 4 is 43.4 Å². The average molecular weight is 378 g/mol. The molecular formula is C23H14N4S. The van der Waals surface area contributed by atoms with Gasteiger partial charge in [0, 0.05) is 33.7 Å². The van der Waals surface area contributed by atoms with Gasteiger partial charge in [-0.1, -0.05) is 36.4 Å². The van der Waals surface area contributed by atoms with Crippen LogP contribution in [0.4, 0.5) is 0 Å². The van der Waals surface area contributed by atoms with E-state index in [2.05, 4.69) is 75.6 Å². The summed E-state index contributed by atoms with van der Waals surface area (Å²) in [5.74, 6) is 0. The lowest BCUT2D eigenvalue weighted by Gasteiger charge is -1.98. The topological polar surface area (TPSA) is 54.5 Å². The number of H-pyrrole nitrogens is 1. The minimum atomic E-state index is 0.936. The summed E-state index contributed by atoms with van der Waals surface area (Å²) in [7, 11) is 0. The molecule has 0 saturated heterocycles. The lowest BCUT2D eigenvalue weighted by molar-refractivity contribution is 1.22. The molecule has 6 aromatic rings. The summed E-state index contributed by atoms with van der Waals surface area (Å²) in [6.07, 6.45) is 3.41. The van der Waals surface area contributed by atoms with E-state index >= 15 is 0 Å². The molecule has 0 atom stereocenters. The molecule has 0 bridgehead atoms. The summed E-state index contributed by atoms with van der Waals surface area (Å²) >= 11 is 1.71. The maximum Gasteiger partial charge on any atom is 0.124 e. The van der Waals surface area contributed by atoms with Crippen LogP contribution in [0.1, 0.15) is 0 Å². The van der Waals surface area contributed by atoms with E-state index in [9.17, 15) is 0 Å². The summed E-state index contributed by atoms with van der Waals surface area (Å²) in [4.78, 5) is 16.8. The normalized spacial score (nSPS) is 11.6. The number of aromatic amines is 1. The Kier molecular flexibility index (Phi) is 3.30. The smallest absolute Gasteiger partial charge is 0.124 e. The van der Waals surface area contributed by atoms with Gasteiger partial charge < -0.3 is 4.98 Å². The van der Waals surface area contributed by atoms with Crippen LogP contribution >= 0.6 is 11.3 Å². The lowest BCUT2D eigenvalue weighted by Crippen LogP contribution is -1.82. The molecule has 0 saturated carbocycles. The van der Waals surface area contributed by atoms with Gasteiger partial charge in [0.25, 0.3) is 0 Å². The first-order valence-corrected chi connectivity index (χ1v) is 9.84. The maximum absolute atomic E-state index is 4.83. The fourth-order valence-electron chi connectivity index (χ4n) is 3.55. The number of rotatable bonds is 2. The van der Waals surface area contributed by atoms with Crippen LogP contribution in [0.2, 0.25) is 0 Å².